The van der Waals surface area contributed by atoms with E-state index in [0.29, 0.717) is 11.4 Å². The highest BCUT2D eigenvalue weighted by molar-refractivity contribution is 5.69. The van der Waals surface area contributed by atoms with E-state index in [0.717, 1.165) is 11.1 Å². The number of methoxy groups -OCH3 is 1. The van der Waals surface area contributed by atoms with Crippen LogP contribution in [0.1, 0.15) is 5.69 Å². The third-order valence-electron chi connectivity index (χ3n) is 2.20. The monoisotopic (exact) mass is 211 g/mol. The summed E-state index contributed by atoms with van der Waals surface area (Å²) in [7, 11) is 1.57. The van der Waals surface area contributed by atoms with Crippen LogP contribution in [0.5, 0.6) is 5.75 Å². The Morgan fingerprint density at radius 1 is 1.31 bits per heavy atom. The lowest BCUT2D eigenvalue weighted by Crippen LogP contribution is -1.92. The molecule has 2 aromatic heterocycles. The predicted molar refractivity (Wildman–Crippen MR) is 58.7 cm³/mol. The molecule has 0 spiro atoms. The third kappa shape index (κ3) is 1.84. The molecule has 0 N–H and O–H groups in total. The highest BCUT2D eigenvalue weighted by atomic mass is 16.5. The fourth-order valence-corrected chi connectivity index (χ4v) is 1.40. The topological polar surface area (TPSA) is 58.8 Å². The molecule has 0 unspecified atom stereocenters. The smallest absolute Gasteiger partial charge is 0.148 e. The zero-order chi connectivity index (χ0) is 11.4. The number of hydrogen-bond donors (Lipinski definition) is 0. The van der Waals surface area contributed by atoms with E-state index >= 15 is 0 Å². The Morgan fingerprint density at radius 3 is 2.69 bits per heavy atom. The second kappa shape index (κ2) is 4.41. The Balaban J connectivity index is 2.59. The van der Waals surface area contributed by atoms with Gasteiger partial charge in [0.2, 0.25) is 0 Å². The van der Waals surface area contributed by atoms with Gasteiger partial charge in [0.1, 0.15) is 17.5 Å². The Bertz CT molecular complexity index is 532. The van der Waals surface area contributed by atoms with Crippen LogP contribution in [0.4, 0.5) is 0 Å². The van der Waals surface area contributed by atoms with Crippen LogP contribution in [0.3, 0.4) is 0 Å². The molecule has 2 heterocycles. The van der Waals surface area contributed by atoms with Gasteiger partial charge in [0.25, 0.3) is 0 Å². The molecule has 0 amide bonds. The molecular formula is C12H9N3O. The van der Waals surface area contributed by atoms with Crippen molar-refractivity contribution < 1.29 is 4.74 Å². The summed E-state index contributed by atoms with van der Waals surface area (Å²) in [5.41, 5.74) is 2.04. The summed E-state index contributed by atoms with van der Waals surface area (Å²) in [6.07, 6.45) is 4.88. The van der Waals surface area contributed by atoms with E-state index in [1.807, 2.05) is 12.1 Å². The van der Waals surface area contributed by atoms with Crippen molar-refractivity contribution in [2.24, 2.45) is 0 Å². The maximum absolute atomic E-state index is 8.97. The molecule has 4 nitrogen and oxygen atoms in total. The molecule has 2 rings (SSSR count). The van der Waals surface area contributed by atoms with Crippen molar-refractivity contribution in [3.05, 3.63) is 42.5 Å². The maximum Gasteiger partial charge on any atom is 0.148 e. The van der Waals surface area contributed by atoms with Crippen molar-refractivity contribution in [2.45, 2.75) is 0 Å². The first kappa shape index (κ1) is 10.1. The highest BCUT2D eigenvalue weighted by Gasteiger charge is 2.07. The first-order valence-electron chi connectivity index (χ1n) is 4.69. The van der Waals surface area contributed by atoms with Gasteiger partial charge in [0.05, 0.1) is 13.3 Å². The molecule has 4 heteroatoms. The number of rotatable bonds is 2. The Hall–Kier alpha value is -2.41. The van der Waals surface area contributed by atoms with Gasteiger partial charge in [-0.05, 0) is 23.8 Å². The lowest BCUT2D eigenvalue weighted by Gasteiger charge is -2.05. The second-order valence-electron chi connectivity index (χ2n) is 3.12. The van der Waals surface area contributed by atoms with E-state index in [-0.39, 0.29) is 0 Å². The van der Waals surface area contributed by atoms with Gasteiger partial charge in [0.15, 0.2) is 0 Å². The number of hydrogen-bond acceptors (Lipinski definition) is 4. The molecule has 0 fully saturated rings. The summed E-state index contributed by atoms with van der Waals surface area (Å²) in [5.74, 6) is 0.630. The number of nitriles is 1. The fourth-order valence-electron chi connectivity index (χ4n) is 1.40. The molecule has 0 saturated carbocycles. The molecular weight excluding hydrogens is 202 g/mol. The largest absolute Gasteiger partial charge is 0.495 e. The molecule has 0 radical (unpaired) electrons. The summed E-state index contributed by atoms with van der Waals surface area (Å²) in [6, 6.07) is 7.51. The minimum atomic E-state index is 0.381. The summed E-state index contributed by atoms with van der Waals surface area (Å²) in [5, 5.41) is 8.97. The number of nitrogens with zero attached hydrogens (tertiary/aromatic N) is 3. The molecule has 0 aliphatic rings. The van der Waals surface area contributed by atoms with E-state index < -0.39 is 0 Å². The summed E-state index contributed by atoms with van der Waals surface area (Å²) in [4.78, 5) is 7.97. The standard InChI is InChI=1S/C12H9N3O/c1-16-10-6-11(12(7-13)15-8-10)9-2-4-14-5-3-9/h2-6,8H,1H3. The summed E-state index contributed by atoms with van der Waals surface area (Å²) in [6.45, 7) is 0. The van der Waals surface area contributed by atoms with Gasteiger partial charge in [-0.15, -0.1) is 0 Å². The van der Waals surface area contributed by atoms with Gasteiger partial charge in [-0.1, -0.05) is 0 Å². The van der Waals surface area contributed by atoms with Crippen molar-refractivity contribution in [2.75, 3.05) is 7.11 Å². The zero-order valence-corrected chi connectivity index (χ0v) is 8.71. The van der Waals surface area contributed by atoms with E-state index in [4.69, 9.17) is 10.00 Å². The van der Waals surface area contributed by atoms with E-state index in [1.165, 1.54) is 6.20 Å². The average molecular weight is 211 g/mol. The fraction of sp³-hybridized carbons (Fsp3) is 0.0833. The van der Waals surface area contributed by atoms with E-state index in [2.05, 4.69) is 16.0 Å². The first-order chi connectivity index (χ1) is 7.85. The van der Waals surface area contributed by atoms with Crippen LogP contribution in [0.2, 0.25) is 0 Å². The lowest BCUT2D eigenvalue weighted by atomic mass is 10.1. The normalized spacial score (nSPS) is 9.50. The Labute approximate surface area is 93.2 Å². The summed E-state index contributed by atoms with van der Waals surface area (Å²) < 4.78 is 5.09. The van der Waals surface area contributed by atoms with Crippen LogP contribution in [-0.2, 0) is 0 Å². The Morgan fingerprint density at radius 2 is 2.06 bits per heavy atom. The van der Waals surface area contributed by atoms with Gasteiger partial charge in [-0.3, -0.25) is 4.98 Å². The molecule has 0 aliphatic carbocycles. The number of ether oxygens (including phenoxy) is 1. The number of aromatic nitrogens is 2. The lowest BCUT2D eigenvalue weighted by molar-refractivity contribution is 0.413. The van der Waals surface area contributed by atoms with Crippen LogP contribution in [0, 0.1) is 11.3 Å². The SMILES string of the molecule is COc1cnc(C#N)c(-c2ccncc2)c1. The van der Waals surface area contributed by atoms with Crippen LogP contribution >= 0.6 is 0 Å². The molecule has 0 aromatic carbocycles. The van der Waals surface area contributed by atoms with E-state index in [1.54, 1.807) is 25.6 Å². The van der Waals surface area contributed by atoms with Crippen LogP contribution in [0.15, 0.2) is 36.8 Å². The van der Waals surface area contributed by atoms with Crippen molar-refractivity contribution in [1.82, 2.24) is 9.97 Å². The van der Waals surface area contributed by atoms with Gasteiger partial charge in [-0.25, -0.2) is 4.98 Å². The minimum absolute atomic E-state index is 0.381. The van der Waals surface area contributed by atoms with Crippen molar-refractivity contribution in [1.29, 1.82) is 5.26 Å². The molecule has 0 bridgehead atoms. The van der Waals surface area contributed by atoms with Crippen molar-refractivity contribution in [3.63, 3.8) is 0 Å². The van der Waals surface area contributed by atoms with Crippen molar-refractivity contribution >= 4 is 0 Å². The molecule has 0 atom stereocenters. The van der Waals surface area contributed by atoms with Gasteiger partial charge >= 0.3 is 0 Å². The zero-order valence-electron chi connectivity index (χ0n) is 8.71. The quantitative estimate of drug-likeness (QED) is 0.762. The van der Waals surface area contributed by atoms with Crippen LogP contribution in [0.25, 0.3) is 11.1 Å². The van der Waals surface area contributed by atoms with Gasteiger partial charge < -0.3 is 4.74 Å². The number of pyridine rings is 2. The predicted octanol–water partition coefficient (Wildman–Crippen LogP) is 2.02. The highest BCUT2D eigenvalue weighted by Crippen LogP contribution is 2.25. The molecule has 16 heavy (non-hydrogen) atoms. The van der Waals surface area contributed by atoms with Crippen LogP contribution < -0.4 is 4.74 Å². The second-order valence-corrected chi connectivity index (χ2v) is 3.12. The maximum atomic E-state index is 8.97. The average Bonchev–Trinajstić information content (AvgIpc) is 2.39. The van der Waals surface area contributed by atoms with E-state index in [9.17, 15) is 0 Å². The molecule has 78 valence electrons. The molecule has 0 aliphatic heterocycles. The third-order valence-corrected chi connectivity index (χ3v) is 2.20. The summed E-state index contributed by atoms with van der Waals surface area (Å²) >= 11 is 0. The minimum Gasteiger partial charge on any atom is -0.495 e. The molecule has 0 saturated heterocycles. The van der Waals surface area contributed by atoms with Gasteiger partial charge in [-0.2, -0.15) is 5.26 Å². The first-order valence-corrected chi connectivity index (χ1v) is 4.69. The van der Waals surface area contributed by atoms with Gasteiger partial charge in [0, 0.05) is 18.0 Å². The van der Waals surface area contributed by atoms with Crippen molar-refractivity contribution in [3.8, 4) is 22.9 Å². The Kier molecular flexibility index (Phi) is 2.79. The molecule has 2 aromatic rings. The van der Waals surface area contributed by atoms with Crippen LogP contribution in [-0.4, -0.2) is 17.1 Å².